The zero-order valence-corrected chi connectivity index (χ0v) is 18.4. The highest BCUT2D eigenvalue weighted by Crippen LogP contribution is 2.30. The maximum atomic E-state index is 14.3. The third-order valence-corrected chi connectivity index (χ3v) is 5.70. The molecule has 170 valence electrons. The van der Waals surface area contributed by atoms with Gasteiger partial charge in [-0.05, 0) is 42.0 Å². The number of morpholine rings is 1. The lowest BCUT2D eigenvalue weighted by Crippen LogP contribution is -2.38. The molecule has 2 aromatic carbocycles. The number of aromatic nitrogens is 2. The number of hydrogen-bond donors (Lipinski definition) is 1. The number of ether oxygens (including phenoxy) is 2. The molecule has 0 saturated carbocycles. The van der Waals surface area contributed by atoms with Crippen LogP contribution in [-0.4, -0.2) is 61.4 Å². The Hall–Kier alpha value is -3.49. The van der Waals surface area contributed by atoms with Crippen LogP contribution in [0.4, 0.5) is 10.1 Å². The summed E-state index contributed by atoms with van der Waals surface area (Å²) in [6, 6.07) is 14.5. The lowest BCUT2D eigenvalue weighted by atomic mass is 10.1. The van der Waals surface area contributed by atoms with Gasteiger partial charge >= 0.3 is 0 Å². The fourth-order valence-electron chi connectivity index (χ4n) is 3.80. The van der Waals surface area contributed by atoms with Gasteiger partial charge in [0.05, 0.1) is 18.8 Å². The van der Waals surface area contributed by atoms with Gasteiger partial charge in [-0.15, -0.1) is 0 Å². The summed E-state index contributed by atoms with van der Waals surface area (Å²) in [7, 11) is 1.78. The Morgan fingerprint density at radius 2 is 1.88 bits per heavy atom. The summed E-state index contributed by atoms with van der Waals surface area (Å²) in [6.45, 7) is 5.01. The number of nitrogens with one attached hydrogen (secondary N) is 1. The topological polar surface area (TPSA) is 72.7 Å². The van der Waals surface area contributed by atoms with Crippen molar-refractivity contribution in [3.63, 3.8) is 0 Å². The molecule has 0 radical (unpaired) electrons. The van der Waals surface area contributed by atoms with Crippen molar-refractivity contribution in [2.75, 3.05) is 51.8 Å². The molecule has 0 amide bonds. The smallest absolute Gasteiger partial charge is 0.231 e. The van der Waals surface area contributed by atoms with Crippen molar-refractivity contribution in [1.29, 1.82) is 0 Å². The van der Waals surface area contributed by atoms with E-state index >= 15 is 0 Å². The molecule has 1 aliphatic heterocycles. The second-order valence-electron chi connectivity index (χ2n) is 7.84. The van der Waals surface area contributed by atoms with Gasteiger partial charge in [-0.3, -0.25) is 4.90 Å². The van der Waals surface area contributed by atoms with E-state index in [2.05, 4.69) is 20.2 Å². The van der Waals surface area contributed by atoms with Crippen molar-refractivity contribution in [1.82, 2.24) is 14.9 Å². The largest absolute Gasteiger partial charge is 0.492 e. The first-order valence-electron chi connectivity index (χ1n) is 11.0. The van der Waals surface area contributed by atoms with Gasteiger partial charge in [-0.25, -0.2) is 9.37 Å². The predicted octanol–water partition coefficient (Wildman–Crippen LogP) is 4.45. The van der Waals surface area contributed by atoms with Gasteiger partial charge in [0.1, 0.15) is 18.2 Å². The fraction of sp³-hybridized carbons (Fsp3) is 0.280. The Morgan fingerprint density at radius 3 is 2.67 bits per heavy atom. The van der Waals surface area contributed by atoms with Crippen molar-refractivity contribution in [2.45, 2.75) is 0 Å². The Morgan fingerprint density at radius 1 is 1.06 bits per heavy atom. The highest BCUT2D eigenvalue weighted by atomic mass is 19.1. The standard InChI is InChI=1S/C25H25FN4O3/c1-27-19-4-7-22(26)21(15-19)25-29-24-23(33-25)14-18(16-28-24)17-2-5-20(6-3-17)32-13-10-30-8-11-31-12-9-30/h2-7,14-16,27H,8-13H2,1H3. The Balaban J connectivity index is 1.29. The van der Waals surface area contributed by atoms with Crippen molar-refractivity contribution >= 4 is 16.9 Å². The van der Waals surface area contributed by atoms with E-state index in [1.807, 2.05) is 30.3 Å². The number of benzene rings is 2. The summed E-state index contributed by atoms with van der Waals surface area (Å²) in [5.74, 6) is 0.626. The average molecular weight is 448 g/mol. The molecule has 0 spiro atoms. The van der Waals surface area contributed by atoms with E-state index in [0.717, 1.165) is 55.4 Å². The van der Waals surface area contributed by atoms with Crippen LogP contribution in [0.25, 0.3) is 33.8 Å². The lowest BCUT2D eigenvalue weighted by molar-refractivity contribution is 0.0322. The lowest BCUT2D eigenvalue weighted by Gasteiger charge is -2.26. The number of pyridine rings is 1. The van der Waals surface area contributed by atoms with Crippen LogP contribution in [0, 0.1) is 5.82 Å². The molecule has 7 nitrogen and oxygen atoms in total. The van der Waals surface area contributed by atoms with Crippen LogP contribution in [0.15, 0.2) is 59.1 Å². The van der Waals surface area contributed by atoms with Crippen LogP contribution in [0.3, 0.4) is 0 Å². The summed E-state index contributed by atoms with van der Waals surface area (Å²) in [4.78, 5) is 11.1. The zero-order chi connectivity index (χ0) is 22.6. The van der Waals surface area contributed by atoms with Gasteiger partial charge < -0.3 is 19.2 Å². The van der Waals surface area contributed by atoms with Crippen molar-refractivity contribution < 1.29 is 18.3 Å². The number of nitrogens with zero attached hydrogens (tertiary/aromatic N) is 3. The summed E-state index contributed by atoms with van der Waals surface area (Å²) < 4.78 is 31.4. The maximum Gasteiger partial charge on any atom is 0.231 e. The van der Waals surface area contributed by atoms with Crippen LogP contribution in [0.5, 0.6) is 5.75 Å². The van der Waals surface area contributed by atoms with E-state index in [-0.39, 0.29) is 5.89 Å². The molecule has 3 heterocycles. The quantitative estimate of drug-likeness (QED) is 0.448. The van der Waals surface area contributed by atoms with E-state index in [9.17, 15) is 4.39 Å². The summed E-state index contributed by atoms with van der Waals surface area (Å²) in [6.07, 6.45) is 1.74. The first kappa shape index (κ1) is 21.4. The van der Waals surface area contributed by atoms with E-state index in [1.165, 1.54) is 6.07 Å². The minimum atomic E-state index is -0.398. The van der Waals surface area contributed by atoms with E-state index in [1.54, 1.807) is 25.4 Å². The first-order valence-corrected chi connectivity index (χ1v) is 11.0. The predicted molar refractivity (Wildman–Crippen MR) is 125 cm³/mol. The van der Waals surface area contributed by atoms with Gasteiger partial charge in [0, 0.05) is 44.1 Å². The second kappa shape index (κ2) is 9.56. The van der Waals surface area contributed by atoms with Crippen LogP contribution in [-0.2, 0) is 4.74 Å². The maximum absolute atomic E-state index is 14.3. The highest BCUT2D eigenvalue weighted by molar-refractivity contribution is 5.79. The molecule has 0 atom stereocenters. The minimum absolute atomic E-state index is 0.202. The van der Waals surface area contributed by atoms with Gasteiger partial charge in [-0.1, -0.05) is 12.1 Å². The number of rotatable bonds is 7. The molecule has 1 aliphatic rings. The number of halogens is 1. The summed E-state index contributed by atoms with van der Waals surface area (Å²) in [5, 5.41) is 2.99. The van der Waals surface area contributed by atoms with Gasteiger partial charge in [-0.2, -0.15) is 4.98 Å². The third-order valence-electron chi connectivity index (χ3n) is 5.70. The molecule has 0 aliphatic carbocycles. The fourth-order valence-corrected chi connectivity index (χ4v) is 3.80. The monoisotopic (exact) mass is 448 g/mol. The van der Waals surface area contributed by atoms with Gasteiger partial charge in [0.15, 0.2) is 11.2 Å². The van der Waals surface area contributed by atoms with Crippen LogP contribution < -0.4 is 10.1 Å². The highest BCUT2D eigenvalue weighted by Gasteiger charge is 2.15. The van der Waals surface area contributed by atoms with Crippen LogP contribution in [0.1, 0.15) is 0 Å². The van der Waals surface area contributed by atoms with Crippen LogP contribution >= 0.6 is 0 Å². The number of oxazole rings is 1. The molecule has 2 aromatic heterocycles. The molecule has 4 aromatic rings. The van der Waals surface area contributed by atoms with Crippen molar-refractivity contribution in [3.8, 4) is 28.3 Å². The minimum Gasteiger partial charge on any atom is -0.492 e. The molecular weight excluding hydrogens is 423 g/mol. The molecule has 8 heteroatoms. The van der Waals surface area contributed by atoms with E-state index in [0.29, 0.717) is 23.4 Å². The van der Waals surface area contributed by atoms with Crippen LogP contribution in [0.2, 0.25) is 0 Å². The van der Waals surface area contributed by atoms with Gasteiger partial charge in [0.25, 0.3) is 0 Å². The molecule has 33 heavy (non-hydrogen) atoms. The third kappa shape index (κ3) is 4.81. The Bertz CT molecular complexity index is 1240. The van der Waals surface area contributed by atoms with E-state index < -0.39 is 5.82 Å². The van der Waals surface area contributed by atoms with Gasteiger partial charge in [0.2, 0.25) is 5.89 Å². The zero-order valence-electron chi connectivity index (χ0n) is 18.4. The number of fused-ring (bicyclic) bond motifs is 1. The average Bonchev–Trinajstić information content (AvgIpc) is 3.29. The van der Waals surface area contributed by atoms with Crippen molar-refractivity contribution in [2.24, 2.45) is 0 Å². The molecule has 1 saturated heterocycles. The first-order chi connectivity index (χ1) is 16.2. The van der Waals surface area contributed by atoms with E-state index in [4.69, 9.17) is 13.9 Å². The Kier molecular flexibility index (Phi) is 6.19. The summed E-state index contributed by atoms with van der Waals surface area (Å²) >= 11 is 0. The number of anilines is 1. The van der Waals surface area contributed by atoms with Crippen molar-refractivity contribution in [3.05, 3.63) is 60.5 Å². The number of hydrogen-bond acceptors (Lipinski definition) is 7. The molecule has 5 rings (SSSR count). The normalized spacial score (nSPS) is 14.5. The molecule has 0 bridgehead atoms. The second-order valence-corrected chi connectivity index (χ2v) is 7.84. The molecular formula is C25H25FN4O3. The SMILES string of the molecule is CNc1ccc(F)c(-c2nc3ncc(-c4ccc(OCCN5CCOCC5)cc4)cc3o2)c1. The summed E-state index contributed by atoms with van der Waals surface area (Å²) in [5.41, 5.74) is 3.86. The molecule has 1 N–H and O–H groups in total. The molecule has 0 unspecified atom stereocenters. The molecule has 1 fully saturated rings. The Labute approximate surface area is 191 Å².